The van der Waals surface area contributed by atoms with E-state index in [2.05, 4.69) is 19.7 Å². The molecule has 0 fully saturated rings. The fraction of sp³-hybridized carbons (Fsp3) is 0.500. The summed E-state index contributed by atoms with van der Waals surface area (Å²) in [7, 11) is -3.71. The molecule has 0 amide bonds. The second-order valence-corrected chi connectivity index (χ2v) is 4.72. The number of carbonyl (C=O) groups is 1. The number of sulfonamides is 1. The number of hydrogen-bond donors (Lipinski definition) is 2. The zero-order chi connectivity index (χ0) is 12.2. The molecule has 0 radical (unpaired) electrons. The smallest absolute Gasteiger partial charge is 0.321 e. The Morgan fingerprint density at radius 1 is 1.62 bits per heavy atom. The van der Waals surface area contributed by atoms with E-state index in [4.69, 9.17) is 0 Å². The van der Waals surface area contributed by atoms with Crippen LogP contribution in [-0.4, -0.2) is 37.7 Å². The SMILES string of the molecule is CCOC(=O)CNS(=O)(=O)c1cn[nH]c1C. The third kappa shape index (κ3) is 3.04. The summed E-state index contributed by atoms with van der Waals surface area (Å²) in [5, 5.41) is 6.09. The quantitative estimate of drug-likeness (QED) is 0.687. The Bertz CT molecular complexity index is 465. The number of nitrogens with zero attached hydrogens (tertiary/aromatic N) is 1. The van der Waals surface area contributed by atoms with Crippen LogP contribution in [0.3, 0.4) is 0 Å². The van der Waals surface area contributed by atoms with Crippen LogP contribution in [0.25, 0.3) is 0 Å². The first-order valence-electron chi connectivity index (χ1n) is 4.62. The van der Waals surface area contributed by atoms with Gasteiger partial charge in [0.25, 0.3) is 0 Å². The van der Waals surface area contributed by atoms with Crippen LogP contribution in [0.4, 0.5) is 0 Å². The van der Waals surface area contributed by atoms with Crippen molar-refractivity contribution in [3.8, 4) is 0 Å². The van der Waals surface area contributed by atoms with E-state index in [1.54, 1.807) is 13.8 Å². The van der Waals surface area contributed by atoms with Crippen LogP contribution in [0.1, 0.15) is 12.6 Å². The monoisotopic (exact) mass is 247 g/mol. The molecular formula is C8H13N3O4S. The molecular weight excluding hydrogens is 234 g/mol. The molecule has 0 saturated heterocycles. The highest BCUT2D eigenvalue weighted by molar-refractivity contribution is 7.89. The Hall–Kier alpha value is -1.41. The van der Waals surface area contributed by atoms with Gasteiger partial charge in [-0.2, -0.15) is 9.82 Å². The highest BCUT2D eigenvalue weighted by atomic mass is 32.2. The van der Waals surface area contributed by atoms with Gasteiger partial charge >= 0.3 is 5.97 Å². The van der Waals surface area contributed by atoms with Gasteiger partial charge in [-0.25, -0.2) is 8.42 Å². The molecule has 90 valence electrons. The zero-order valence-corrected chi connectivity index (χ0v) is 9.80. The Labute approximate surface area is 93.2 Å². The number of aromatic nitrogens is 2. The third-order valence-electron chi connectivity index (χ3n) is 1.79. The Morgan fingerprint density at radius 3 is 2.81 bits per heavy atom. The summed E-state index contributed by atoms with van der Waals surface area (Å²) in [5.74, 6) is -0.618. The summed E-state index contributed by atoms with van der Waals surface area (Å²) in [6.07, 6.45) is 1.18. The molecule has 1 heterocycles. The van der Waals surface area contributed by atoms with Crippen molar-refractivity contribution in [2.45, 2.75) is 18.7 Å². The van der Waals surface area contributed by atoms with Crippen molar-refractivity contribution in [1.29, 1.82) is 0 Å². The number of aryl methyl sites for hydroxylation is 1. The number of carbonyl (C=O) groups excluding carboxylic acids is 1. The first kappa shape index (κ1) is 12.7. The number of nitrogens with one attached hydrogen (secondary N) is 2. The van der Waals surface area contributed by atoms with Gasteiger partial charge in [-0.3, -0.25) is 9.89 Å². The van der Waals surface area contributed by atoms with Crippen molar-refractivity contribution < 1.29 is 17.9 Å². The topological polar surface area (TPSA) is 101 Å². The molecule has 1 rings (SSSR count). The van der Waals surface area contributed by atoms with Crippen molar-refractivity contribution >= 4 is 16.0 Å². The van der Waals surface area contributed by atoms with Gasteiger partial charge in [-0.15, -0.1) is 0 Å². The van der Waals surface area contributed by atoms with Crippen LogP contribution in [0.5, 0.6) is 0 Å². The number of ether oxygens (including phenoxy) is 1. The minimum Gasteiger partial charge on any atom is -0.465 e. The first-order chi connectivity index (χ1) is 7.47. The molecule has 0 aliphatic rings. The van der Waals surface area contributed by atoms with E-state index < -0.39 is 16.0 Å². The fourth-order valence-corrected chi connectivity index (χ4v) is 2.16. The predicted molar refractivity (Wildman–Crippen MR) is 55.1 cm³/mol. The lowest BCUT2D eigenvalue weighted by atomic mass is 10.5. The normalized spacial score (nSPS) is 11.4. The fourth-order valence-electron chi connectivity index (χ4n) is 1.05. The Morgan fingerprint density at radius 2 is 2.31 bits per heavy atom. The molecule has 1 aromatic rings. The number of H-pyrrole nitrogens is 1. The molecule has 0 atom stereocenters. The first-order valence-corrected chi connectivity index (χ1v) is 6.11. The van der Waals surface area contributed by atoms with Crippen molar-refractivity contribution in [3.05, 3.63) is 11.9 Å². The minimum atomic E-state index is -3.71. The highest BCUT2D eigenvalue weighted by Gasteiger charge is 2.19. The van der Waals surface area contributed by atoms with Crippen molar-refractivity contribution in [2.75, 3.05) is 13.2 Å². The molecule has 0 spiro atoms. The van der Waals surface area contributed by atoms with Crippen LogP contribution in [0.15, 0.2) is 11.1 Å². The molecule has 0 saturated carbocycles. The summed E-state index contributed by atoms with van der Waals surface area (Å²) < 4.78 is 30.0. The molecule has 0 aliphatic carbocycles. The Kier molecular flexibility index (Phi) is 4.02. The maximum absolute atomic E-state index is 11.6. The average Bonchev–Trinajstić information content (AvgIpc) is 2.63. The highest BCUT2D eigenvalue weighted by Crippen LogP contribution is 2.09. The molecule has 1 aromatic heterocycles. The van der Waals surface area contributed by atoms with E-state index in [1.807, 2.05) is 0 Å². The van der Waals surface area contributed by atoms with E-state index in [9.17, 15) is 13.2 Å². The van der Waals surface area contributed by atoms with E-state index >= 15 is 0 Å². The van der Waals surface area contributed by atoms with Gasteiger partial charge in [0.15, 0.2) is 0 Å². The molecule has 16 heavy (non-hydrogen) atoms. The molecule has 7 nitrogen and oxygen atoms in total. The zero-order valence-electron chi connectivity index (χ0n) is 8.98. The lowest BCUT2D eigenvalue weighted by Gasteiger charge is -2.04. The van der Waals surface area contributed by atoms with Gasteiger partial charge in [0.1, 0.15) is 11.4 Å². The number of rotatable bonds is 5. The summed E-state index contributed by atoms with van der Waals surface area (Å²) in [6, 6.07) is 0. The largest absolute Gasteiger partial charge is 0.465 e. The number of aromatic amines is 1. The van der Waals surface area contributed by atoms with E-state index in [-0.39, 0.29) is 18.0 Å². The van der Waals surface area contributed by atoms with Crippen molar-refractivity contribution in [1.82, 2.24) is 14.9 Å². The van der Waals surface area contributed by atoms with E-state index in [0.717, 1.165) is 0 Å². The summed E-state index contributed by atoms with van der Waals surface area (Å²) in [6.45, 7) is 3.05. The van der Waals surface area contributed by atoms with E-state index in [1.165, 1.54) is 6.20 Å². The number of esters is 1. The molecule has 0 aliphatic heterocycles. The summed E-state index contributed by atoms with van der Waals surface area (Å²) in [4.78, 5) is 11.0. The van der Waals surface area contributed by atoms with Gasteiger partial charge in [-0.05, 0) is 13.8 Å². The van der Waals surface area contributed by atoms with Crippen LogP contribution in [0.2, 0.25) is 0 Å². The molecule has 0 bridgehead atoms. The Balaban J connectivity index is 2.67. The molecule has 8 heteroatoms. The minimum absolute atomic E-state index is 0.0248. The maximum atomic E-state index is 11.6. The van der Waals surface area contributed by atoms with Gasteiger partial charge < -0.3 is 4.74 Å². The number of hydrogen-bond acceptors (Lipinski definition) is 5. The molecule has 2 N–H and O–H groups in total. The average molecular weight is 247 g/mol. The lowest BCUT2D eigenvalue weighted by Crippen LogP contribution is -2.30. The van der Waals surface area contributed by atoms with Crippen LogP contribution < -0.4 is 4.72 Å². The third-order valence-corrected chi connectivity index (χ3v) is 3.30. The standard InChI is InChI=1S/C8H13N3O4S/c1-3-15-8(12)5-10-16(13,14)7-4-9-11-6(7)2/h4,10H,3,5H2,1-2H3,(H,9,11). The van der Waals surface area contributed by atoms with Crippen LogP contribution >= 0.6 is 0 Å². The van der Waals surface area contributed by atoms with Gasteiger partial charge in [0.2, 0.25) is 10.0 Å². The van der Waals surface area contributed by atoms with Gasteiger partial charge in [-0.1, -0.05) is 0 Å². The molecule has 0 unspecified atom stereocenters. The second-order valence-electron chi connectivity index (χ2n) is 2.99. The second kappa shape index (κ2) is 5.08. The van der Waals surface area contributed by atoms with Crippen molar-refractivity contribution in [2.24, 2.45) is 0 Å². The van der Waals surface area contributed by atoms with Gasteiger partial charge in [0, 0.05) is 0 Å². The molecule has 0 aromatic carbocycles. The van der Waals surface area contributed by atoms with E-state index in [0.29, 0.717) is 5.69 Å². The maximum Gasteiger partial charge on any atom is 0.321 e. The predicted octanol–water partition coefficient (Wildman–Crippen LogP) is -0.440. The van der Waals surface area contributed by atoms with Gasteiger partial charge in [0.05, 0.1) is 18.5 Å². The lowest BCUT2D eigenvalue weighted by molar-refractivity contribution is -0.141. The van der Waals surface area contributed by atoms with Crippen molar-refractivity contribution in [3.63, 3.8) is 0 Å². The summed E-state index contributed by atoms with van der Waals surface area (Å²) >= 11 is 0. The van der Waals surface area contributed by atoms with Crippen LogP contribution in [0, 0.1) is 6.92 Å². The van der Waals surface area contributed by atoms with Crippen LogP contribution in [-0.2, 0) is 19.6 Å². The summed E-state index contributed by atoms with van der Waals surface area (Å²) in [5.41, 5.74) is 0.413.